The van der Waals surface area contributed by atoms with Crippen molar-refractivity contribution in [2.75, 3.05) is 6.54 Å². The van der Waals surface area contributed by atoms with Crippen LogP contribution in [-0.2, 0) is 23.1 Å². The lowest BCUT2D eigenvalue weighted by Crippen LogP contribution is -2.37. The number of nitrogens with zero attached hydrogens (tertiary/aromatic N) is 1. The predicted octanol–water partition coefficient (Wildman–Crippen LogP) is -0.724. The summed E-state index contributed by atoms with van der Waals surface area (Å²) in [6.45, 7) is 0.282. The number of primary amides is 1. The molecule has 100 valence electrons. The number of aryl methyl sites for hydroxylation is 1. The van der Waals surface area contributed by atoms with Gasteiger partial charge >= 0.3 is 17.6 Å². The number of nitrogens with one attached hydrogen (secondary N) is 1. The topological polar surface area (TPSA) is 107 Å². The molecule has 2 aromatic rings. The molecular weight excluding hydrogens is 250 g/mol. The van der Waals surface area contributed by atoms with Gasteiger partial charge in [-0.05, 0) is 24.1 Å². The van der Waals surface area contributed by atoms with Gasteiger partial charge in [0.2, 0.25) is 0 Å². The molecule has 0 spiro atoms. The molecule has 0 aliphatic heterocycles. The summed E-state index contributed by atoms with van der Waals surface area (Å²) in [7, 11) is 1.63. The maximum absolute atomic E-state index is 11.3. The summed E-state index contributed by atoms with van der Waals surface area (Å²) in [4.78, 5) is 32.8. The second kappa shape index (κ2) is 4.97. The molecule has 1 heterocycles. The average molecular weight is 263 g/mol. The Labute approximate surface area is 108 Å². The lowest BCUT2D eigenvalue weighted by molar-refractivity contribution is -0.137. The van der Waals surface area contributed by atoms with Gasteiger partial charge in [0.1, 0.15) is 0 Å². The molecular formula is C12H13N3O4. The lowest BCUT2D eigenvalue weighted by atomic mass is 10.1. The fourth-order valence-corrected chi connectivity index (χ4v) is 1.74. The first-order chi connectivity index (χ1) is 8.99. The van der Waals surface area contributed by atoms with E-state index in [9.17, 15) is 14.4 Å². The van der Waals surface area contributed by atoms with Crippen LogP contribution in [0.5, 0.6) is 0 Å². The molecule has 0 saturated carbocycles. The Morgan fingerprint density at radius 1 is 1.42 bits per heavy atom. The smallest absolute Gasteiger partial charge is 0.408 e. The highest BCUT2D eigenvalue weighted by Crippen LogP contribution is 2.14. The van der Waals surface area contributed by atoms with Crippen molar-refractivity contribution in [2.24, 2.45) is 12.8 Å². The fraction of sp³-hybridized carbons (Fsp3) is 0.250. The third kappa shape index (κ3) is 2.65. The van der Waals surface area contributed by atoms with Crippen molar-refractivity contribution in [1.82, 2.24) is 9.88 Å². The number of nitrogens with two attached hydrogens (primary N) is 1. The van der Waals surface area contributed by atoms with Crippen molar-refractivity contribution >= 4 is 22.9 Å². The van der Waals surface area contributed by atoms with Crippen molar-refractivity contribution < 1.29 is 14.0 Å². The molecule has 0 aliphatic rings. The zero-order valence-corrected chi connectivity index (χ0v) is 10.3. The molecule has 7 heteroatoms. The third-order valence-electron chi connectivity index (χ3n) is 2.78. The molecule has 3 N–H and O–H groups in total. The van der Waals surface area contributed by atoms with E-state index in [1.165, 1.54) is 4.57 Å². The van der Waals surface area contributed by atoms with E-state index >= 15 is 0 Å². The summed E-state index contributed by atoms with van der Waals surface area (Å²) >= 11 is 0. The normalized spacial score (nSPS) is 10.6. The lowest BCUT2D eigenvalue weighted by Gasteiger charge is -2.03. The first-order valence-electron chi connectivity index (χ1n) is 5.65. The number of hydrogen-bond acceptors (Lipinski definition) is 4. The van der Waals surface area contributed by atoms with Crippen molar-refractivity contribution in [3.05, 3.63) is 34.3 Å². The molecule has 0 unspecified atom stereocenters. The standard InChI is InChI=1S/C12H13N3O4/c1-15-8-3-2-7(6-9(8)19-12(15)18)4-5-14-11(17)10(13)16/h2-3,6H,4-5H2,1H3,(H2,13,16)(H,14,17). The zero-order chi connectivity index (χ0) is 14.0. The minimum Gasteiger partial charge on any atom is -0.408 e. The van der Waals surface area contributed by atoms with Crippen LogP contribution in [0, 0.1) is 0 Å². The number of oxazole rings is 1. The van der Waals surface area contributed by atoms with Gasteiger partial charge in [0, 0.05) is 13.6 Å². The van der Waals surface area contributed by atoms with E-state index in [1.54, 1.807) is 19.2 Å². The largest absolute Gasteiger partial charge is 0.419 e. The van der Waals surface area contributed by atoms with E-state index in [-0.39, 0.29) is 6.54 Å². The van der Waals surface area contributed by atoms with Gasteiger partial charge in [-0.2, -0.15) is 0 Å². The summed E-state index contributed by atoms with van der Waals surface area (Å²) in [5.74, 6) is -2.24. The number of hydrogen-bond donors (Lipinski definition) is 2. The molecule has 0 bridgehead atoms. The summed E-state index contributed by atoms with van der Waals surface area (Å²) in [5, 5.41) is 2.38. The van der Waals surface area contributed by atoms with E-state index < -0.39 is 17.6 Å². The Balaban J connectivity index is 2.08. The van der Waals surface area contributed by atoms with E-state index in [2.05, 4.69) is 5.32 Å². The van der Waals surface area contributed by atoms with Crippen LogP contribution in [0.3, 0.4) is 0 Å². The summed E-state index contributed by atoms with van der Waals surface area (Å²) < 4.78 is 6.46. The van der Waals surface area contributed by atoms with Crippen LogP contribution in [0.25, 0.3) is 11.1 Å². The van der Waals surface area contributed by atoms with E-state index in [0.29, 0.717) is 17.5 Å². The van der Waals surface area contributed by atoms with Crippen molar-refractivity contribution in [2.45, 2.75) is 6.42 Å². The molecule has 1 aromatic carbocycles. The second-order valence-corrected chi connectivity index (χ2v) is 4.10. The number of benzene rings is 1. The first-order valence-corrected chi connectivity index (χ1v) is 5.65. The minimum absolute atomic E-state index is 0.282. The highest BCUT2D eigenvalue weighted by atomic mass is 16.4. The molecule has 1 aromatic heterocycles. The van der Waals surface area contributed by atoms with E-state index in [0.717, 1.165) is 5.56 Å². The zero-order valence-electron chi connectivity index (χ0n) is 10.3. The van der Waals surface area contributed by atoms with Crippen LogP contribution in [0.4, 0.5) is 0 Å². The highest BCUT2D eigenvalue weighted by Gasteiger charge is 2.08. The van der Waals surface area contributed by atoms with Crippen LogP contribution >= 0.6 is 0 Å². The molecule has 7 nitrogen and oxygen atoms in total. The number of fused-ring (bicyclic) bond motifs is 1. The van der Waals surface area contributed by atoms with Gasteiger partial charge < -0.3 is 15.5 Å². The average Bonchev–Trinajstić information content (AvgIpc) is 2.64. The predicted molar refractivity (Wildman–Crippen MR) is 67.4 cm³/mol. The third-order valence-corrected chi connectivity index (χ3v) is 2.78. The Morgan fingerprint density at radius 2 is 2.16 bits per heavy atom. The van der Waals surface area contributed by atoms with Gasteiger partial charge in [0.25, 0.3) is 0 Å². The fourth-order valence-electron chi connectivity index (χ4n) is 1.74. The van der Waals surface area contributed by atoms with Gasteiger partial charge in [-0.3, -0.25) is 14.2 Å². The summed E-state index contributed by atoms with van der Waals surface area (Å²) in [6, 6.07) is 5.33. The molecule has 0 saturated heterocycles. The molecule has 19 heavy (non-hydrogen) atoms. The Bertz CT molecular complexity index is 699. The molecule has 0 atom stereocenters. The molecule has 2 amide bonds. The molecule has 0 fully saturated rings. The molecule has 0 aliphatic carbocycles. The summed E-state index contributed by atoms with van der Waals surface area (Å²) in [6.07, 6.45) is 0.508. The molecule has 0 radical (unpaired) electrons. The van der Waals surface area contributed by atoms with Gasteiger partial charge in [-0.15, -0.1) is 0 Å². The van der Waals surface area contributed by atoms with E-state index in [1.807, 2.05) is 6.07 Å². The van der Waals surface area contributed by atoms with E-state index in [4.69, 9.17) is 10.2 Å². The Morgan fingerprint density at radius 3 is 2.84 bits per heavy atom. The minimum atomic E-state index is -1.01. The molecule has 2 rings (SSSR count). The summed E-state index contributed by atoms with van der Waals surface area (Å²) in [5.41, 5.74) is 6.88. The number of rotatable bonds is 3. The number of aromatic nitrogens is 1. The number of carbonyl (C=O) groups excluding carboxylic acids is 2. The SMILES string of the molecule is Cn1c(=O)oc2cc(CCNC(=O)C(N)=O)ccc21. The van der Waals surface area contributed by atoms with Crippen molar-refractivity contribution in [3.63, 3.8) is 0 Å². The van der Waals surface area contributed by atoms with Crippen LogP contribution < -0.4 is 16.8 Å². The van der Waals surface area contributed by atoms with Crippen LogP contribution in [-0.4, -0.2) is 22.9 Å². The maximum Gasteiger partial charge on any atom is 0.419 e. The van der Waals surface area contributed by atoms with Crippen LogP contribution in [0.15, 0.2) is 27.4 Å². The van der Waals surface area contributed by atoms with Crippen LogP contribution in [0.2, 0.25) is 0 Å². The number of amides is 2. The second-order valence-electron chi connectivity index (χ2n) is 4.10. The van der Waals surface area contributed by atoms with Gasteiger partial charge in [0.05, 0.1) is 5.52 Å². The Hall–Kier alpha value is -2.57. The Kier molecular flexibility index (Phi) is 3.37. The first kappa shape index (κ1) is 12.9. The quantitative estimate of drug-likeness (QED) is 0.712. The van der Waals surface area contributed by atoms with Gasteiger partial charge in [-0.1, -0.05) is 6.07 Å². The maximum atomic E-state index is 11.3. The van der Waals surface area contributed by atoms with Crippen LogP contribution in [0.1, 0.15) is 5.56 Å². The van der Waals surface area contributed by atoms with Crippen molar-refractivity contribution in [3.8, 4) is 0 Å². The van der Waals surface area contributed by atoms with Gasteiger partial charge in [0.15, 0.2) is 5.58 Å². The monoisotopic (exact) mass is 263 g/mol. The number of carbonyl (C=O) groups is 2. The highest BCUT2D eigenvalue weighted by molar-refractivity contribution is 6.34. The van der Waals surface area contributed by atoms with Gasteiger partial charge in [-0.25, -0.2) is 4.79 Å². The van der Waals surface area contributed by atoms with Crippen molar-refractivity contribution in [1.29, 1.82) is 0 Å².